The first-order valence-electron chi connectivity index (χ1n) is 7.03. The van der Waals surface area contributed by atoms with Crippen molar-refractivity contribution >= 4 is 0 Å². The van der Waals surface area contributed by atoms with Crippen LogP contribution in [-0.4, -0.2) is 37.1 Å². The van der Waals surface area contributed by atoms with Gasteiger partial charge in [0.05, 0.1) is 12.7 Å². The Morgan fingerprint density at radius 2 is 2.16 bits per heavy atom. The summed E-state index contributed by atoms with van der Waals surface area (Å²) in [6.45, 7) is 4.77. The fraction of sp³-hybridized carbons (Fsp3) is 0.625. The maximum Gasteiger partial charge on any atom is 0.110 e. The van der Waals surface area contributed by atoms with Crippen molar-refractivity contribution in [3.8, 4) is 0 Å². The zero-order valence-electron chi connectivity index (χ0n) is 12.2. The predicted molar refractivity (Wildman–Crippen MR) is 78.1 cm³/mol. The molecule has 108 valence electrons. The average Bonchev–Trinajstić information content (AvgIpc) is 2.42. The van der Waals surface area contributed by atoms with Gasteiger partial charge in [-0.3, -0.25) is 0 Å². The summed E-state index contributed by atoms with van der Waals surface area (Å²) in [6, 6.07) is 0. The smallest absolute Gasteiger partial charge is 0.110 e. The van der Waals surface area contributed by atoms with E-state index in [1.54, 1.807) is 7.11 Å². The number of hydrogen-bond acceptors (Lipinski definition) is 3. The van der Waals surface area contributed by atoms with Crippen molar-refractivity contribution in [1.82, 2.24) is 0 Å². The van der Waals surface area contributed by atoms with E-state index in [9.17, 15) is 5.11 Å². The fourth-order valence-corrected chi connectivity index (χ4v) is 2.14. The zero-order valence-corrected chi connectivity index (χ0v) is 12.2. The highest BCUT2D eigenvalue weighted by atomic mass is 16.5. The SMILES string of the molecule is CCC/C=C/C=C/C=C(\C)[C@H]1OCC[C@@H](OC)[C@@H]1O. The molecule has 3 atom stereocenters. The zero-order chi connectivity index (χ0) is 14.1. The summed E-state index contributed by atoms with van der Waals surface area (Å²) < 4.78 is 10.9. The number of aliphatic hydroxyl groups is 1. The van der Waals surface area contributed by atoms with E-state index in [-0.39, 0.29) is 12.2 Å². The van der Waals surface area contributed by atoms with Crippen LogP contribution >= 0.6 is 0 Å². The molecule has 3 nitrogen and oxygen atoms in total. The first-order chi connectivity index (χ1) is 9.20. The summed E-state index contributed by atoms with van der Waals surface area (Å²) in [4.78, 5) is 0. The van der Waals surface area contributed by atoms with Crippen molar-refractivity contribution in [3.63, 3.8) is 0 Å². The van der Waals surface area contributed by atoms with E-state index in [1.165, 1.54) is 6.42 Å². The van der Waals surface area contributed by atoms with Crippen LogP contribution in [-0.2, 0) is 9.47 Å². The second kappa shape index (κ2) is 9.08. The molecule has 1 rings (SSSR count). The van der Waals surface area contributed by atoms with E-state index in [2.05, 4.69) is 13.0 Å². The van der Waals surface area contributed by atoms with Gasteiger partial charge in [0.2, 0.25) is 0 Å². The van der Waals surface area contributed by atoms with Crippen LogP contribution in [0.25, 0.3) is 0 Å². The highest BCUT2D eigenvalue weighted by Crippen LogP contribution is 2.22. The molecule has 1 heterocycles. The number of unbranched alkanes of at least 4 members (excludes halogenated alkanes) is 1. The van der Waals surface area contributed by atoms with Crippen molar-refractivity contribution < 1.29 is 14.6 Å². The maximum atomic E-state index is 10.1. The molecule has 0 bridgehead atoms. The highest BCUT2D eigenvalue weighted by molar-refractivity contribution is 5.19. The Balaban J connectivity index is 2.53. The van der Waals surface area contributed by atoms with Crippen LogP contribution in [0.2, 0.25) is 0 Å². The summed E-state index contributed by atoms with van der Waals surface area (Å²) in [5, 5.41) is 10.1. The number of hydrogen-bond donors (Lipinski definition) is 1. The minimum absolute atomic E-state index is 0.129. The highest BCUT2D eigenvalue weighted by Gasteiger charge is 2.33. The number of rotatable bonds is 6. The molecule has 0 aromatic rings. The second-order valence-electron chi connectivity index (χ2n) is 4.86. The lowest BCUT2D eigenvalue weighted by Crippen LogP contribution is -2.45. The lowest BCUT2D eigenvalue weighted by Gasteiger charge is -2.34. The molecular weight excluding hydrogens is 240 g/mol. The number of ether oxygens (including phenoxy) is 2. The quantitative estimate of drug-likeness (QED) is 0.751. The van der Waals surface area contributed by atoms with Gasteiger partial charge < -0.3 is 14.6 Å². The topological polar surface area (TPSA) is 38.7 Å². The largest absolute Gasteiger partial charge is 0.387 e. The third kappa shape index (κ3) is 5.31. The van der Waals surface area contributed by atoms with Gasteiger partial charge in [0, 0.05) is 7.11 Å². The van der Waals surface area contributed by atoms with E-state index >= 15 is 0 Å². The van der Waals surface area contributed by atoms with Crippen LogP contribution in [0.1, 0.15) is 33.1 Å². The van der Waals surface area contributed by atoms with Crippen molar-refractivity contribution in [2.75, 3.05) is 13.7 Å². The molecule has 1 saturated heterocycles. The molecule has 1 fully saturated rings. The summed E-state index contributed by atoms with van der Waals surface area (Å²) >= 11 is 0. The Kier molecular flexibility index (Phi) is 7.72. The van der Waals surface area contributed by atoms with Crippen molar-refractivity contribution in [3.05, 3.63) is 36.0 Å². The average molecular weight is 266 g/mol. The normalized spacial score (nSPS) is 29.5. The van der Waals surface area contributed by atoms with Gasteiger partial charge in [0.25, 0.3) is 0 Å². The lowest BCUT2D eigenvalue weighted by atomic mass is 9.96. The molecule has 0 amide bonds. The van der Waals surface area contributed by atoms with Crippen LogP contribution in [0.3, 0.4) is 0 Å². The van der Waals surface area contributed by atoms with Crippen LogP contribution in [0.5, 0.6) is 0 Å². The van der Waals surface area contributed by atoms with Gasteiger partial charge in [-0.1, -0.05) is 43.7 Å². The number of allylic oxidation sites excluding steroid dienone is 5. The van der Waals surface area contributed by atoms with Crippen molar-refractivity contribution in [1.29, 1.82) is 0 Å². The molecule has 0 aromatic carbocycles. The molecular formula is C16H26O3. The molecule has 0 unspecified atom stereocenters. The fourth-order valence-electron chi connectivity index (χ4n) is 2.14. The third-order valence-electron chi connectivity index (χ3n) is 3.32. The first kappa shape index (κ1) is 16.2. The van der Waals surface area contributed by atoms with Crippen LogP contribution in [0, 0.1) is 0 Å². The van der Waals surface area contributed by atoms with Gasteiger partial charge in [0.1, 0.15) is 12.2 Å². The monoisotopic (exact) mass is 266 g/mol. The first-order valence-corrected chi connectivity index (χ1v) is 7.03. The van der Waals surface area contributed by atoms with E-state index in [0.29, 0.717) is 6.61 Å². The van der Waals surface area contributed by atoms with Gasteiger partial charge in [-0.25, -0.2) is 0 Å². The summed E-state index contributed by atoms with van der Waals surface area (Å²) in [5.41, 5.74) is 1.02. The van der Waals surface area contributed by atoms with Gasteiger partial charge in [-0.2, -0.15) is 0 Å². The molecule has 0 saturated carbocycles. The molecule has 0 aliphatic carbocycles. The van der Waals surface area contributed by atoms with E-state index in [4.69, 9.17) is 9.47 Å². The Morgan fingerprint density at radius 1 is 1.37 bits per heavy atom. The van der Waals surface area contributed by atoms with Gasteiger partial charge >= 0.3 is 0 Å². The summed E-state index contributed by atoms with van der Waals surface area (Å²) in [5.74, 6) is 0. The molecule has 0 aromatic heterocycles. The summed E-state index contributed by atoms with van der Waals surface area (Å²) in [7, 11) is 1.63. The van der Waals surface area contributed by atoms with Crippen LogP contribution < -0.4 is 0 Å². The van der Waals surface area contributed by atoms with Gasteiger partial charge in [0.15, 0.2) is 0 Å². The van der Waals surface area contributed by atoms with E-state index in [1.807, 2.05) is 31.2 Å². The predicted octanol–water partition coefficient (Wildman–Crippen LogP) is 3.01. The molecule has 0 radical (unpaired) electrons. The maximum absolute atomic E-state index is 10.1. The Labute approximate surface area is 116 Å². The van der Waals surface area contributed by atoms with Crippen molar-refractivity contribution in [2.45, 2.75) is 51.4 Å². The number of methoxy groups -OCH3 is 1. The Morgan fingerprint density at radius 3 is 2.84 bits per heavy atom. The Hall–Kier alpha value is -0.900. The number of aliphatic hydroxyl groups excluding tert-OH is 1. The third-order valence-corrected chi connectivity index (χ3v) is 3.32. The second-order valence-corrected chi connectivity index (χ2v) is 4.86. The van der Waals surface area contributed by atoms with Crippen LogP contribution in [0.4, 0.5) is 0 Å². The van der Waals surface area contributed by atoms with E-state index < -0.39 is 6.10 Å². The molecule has 1 aliphatic rings. The molecule has 1 aliphatic heterocycles. The molecule has 3 heteroatoms. The molecule has 19 heavy (non-hydrogen) atoms. The minimum atomic E-state index is -0.584. The van der Waals surface area contributed by atoms with Gasteiger partial charge in [-0.15, -0.1) is 0 Å². The minimum Gasteiger partial charge on any atom is -0.387 e. The Bertz CT molecular complexity index is 331. The van der Waals surface area contributed by atoms with Gasteiger partial charge in [-0.05, 0) is 25.3 Å². The van der Waals surface area contributed by atoms with E-state index in [0.717, 1.165) is 18.4 Å². The van der Waals surface area contributed by atoms with Crippen molar-refractivity contribution in [2.24, 2.45) is 0 Å². The molecule has 1 N–H and O–H groups in total. The lowest BCUT2D eigenvalue weighted by molar-refractivity contribution is -0.132. The standard InChI is InChI=1S/C16H26O3/c1-4-5-6-7-8-9-10-13(2)16-15(17)14(18-3)11-12-19-16/h6-10,14-17H,4-5,11-12H2,1-3H3/b7-6+,9-8+,13-10+/t14-,15+,16-/m1/s1. The van der Waals surface area contributed by atoms with Crippen LogP contribution in [0.15, 0.2) is 36.0 Å². The summed E-state index contributed by atoms with van der Waals surface area (Å²) in [6.07, 6.45) is 12.2. The molecule has 0 spiro atoms.